The number of benzene rings is 1. The van der Waals surface area contributed by atoms with Gasteiger partial charge in [0, 0.05) is 11.6 Å². The monoisotopic (exact) mass is 295 g/mol. The maximum absolute atomic E-state index is 14.5. The Morgan fingerprint density at radius 3 is 2.48 bits per heavy atom. The summed E-state index contributed by atoms with van der Waals surface area (Å²) in [4.78, 5) is 0. The molecule has 2 rings (SSSR count). The highest BCUT2D eigenvalue weighted by molar-refractivity contribution is 5.30. The maximum Gasteiger partial charge on any atom is 0.133 e. The molecule has 0 saturated heterocycles. The molecule has 1 unspecified atom stereocenters. The van der Waals surface area contributed by atoms with Crippen LogP contribution in [0.15, 0.2) is 12.1 Å². The summed E-state index contributed by atoms with van der Waals surface area (Å²) in [6, 6.07) is 2.73. The molecule has 0 amide bonds. The Labute approximate surface area is 127 Å². The Morgan fingerprint density at radius 1 is 1.19 bits per heavy atom. The summed E-state index contributed by atoms with van der Waals surface area (Å²) in [6.07, 6.45) is 5.38. The van der Waals surface area contributed by atoms with Crippen LogP contribution in [-0.2, 0) is 0 Å². The fourth-order valence-corrected chi connectivity index (χ4v) is 3.39. The van der Waals surface area contributed by atoms with Crippen molar-refractivity contribution in [2.45, 2.75) is 58.9 Å². The van der Waals surface area contributed by atoms with Gasteiger partial charge in [-0.1, -0.05) is 32.8 Å². The summed E-state index contributed by atoms with van der Waals surface area (Å²) >= 11 is 0. The Kier molecular flexibility index (Phi) is 5.74. The van der Waals surface area contributed by atoms with Gasteiger partial charge in [0.2, 0.25) is 0 Å². The summed E-state index contributed by atoms with van der Waals surface area (Å²) in [5, 5.41) is 3.40. The van der Waals surface area contributed by atoms with E-state index in [0.717, 1.165) is 44.6 Å². The van der Waals surface area contributed by atoms with Crippen LogP contribution in [0.1, 0.15) is 63.1 Å². The fourth-order valence-electron chi connectivity index (χ4n) is 3.39. The lowest BCUT2D eigenvalue weighted by atomic mass is 9.77. The molecule has 0 aromatic heterocycles. The zero-order chi connectivity index (χ0) is 15.4. The normalized spacial score (nSPS) is 24.0. The van der Waals surface area contributed by atoms with Crippen molar-refractivity contribution in [1.29, 1.82) is 0 Å². The number of aryl methyl sites for hydroxylation is 1. The summed E-state index contributed by atoms with van der Waals surface area (Å²) in [5.41, 5.74) is 0.780. The van der Waals surface area contributed by atoms with Crippen molar-refractivity contribution in [3.8, 4) is 0 Å². The SMILES string of the molecule is CCCNC(c1c(F)ccc(C)c1F)C1CCC(C)CC1. The molecule has 0 radical (unpaired) electrons. The van der Waals surface area contributed by atoms with Crippen molar-refractivity contribution < 1.29 is 8.78 Å². The van der Waals surface area contributed by atoms with E-state index in [2.05, 4.69) is 19.2 Å². The van der Waals surface area contributed by atoms with Crippen LogP contribution < -0.4 is 5.32 Å². The van der Waals surface area contributed by atoms with Gasteiger partial charge in [-0.05, 0) is 56.2 Å². The second kappa shape index (κ2) is 7.35. The summed E-state index contributed by atoms with van der Waals surface area (Å²) in [5.74, 6) is 0.284. The summed E-state index contributed by atoms with van der Waals surface area (Å²) in [6.45, 7) is 6.84. The molecule has 1 atom stereocenters. The molecule has 0 spiro atoms. The van der Waals surface area contributed by atoms with Gasteiger partial charge in [-0.3, -0.25) is 0 Å². The molecule has 1 aliphatic rings. The van der Waals surface area contributed by atoms with Gasteiger partial charge in [0.15, 0.2) is 0 Å². The molecular formula is C18H27F2N. The summed E-state index contributed by atoms with van der Waals surface area (Å²) < 4.78 is 28.8. The minimum Gasteiger partial charge on any atom is -0.310 e. The molecule has 3 heteroatoms. The maximum atomic E-state index is 14.5. The topological polar surface area (TPSA) is 12.0 Å². The molecule has 1 saturated carbocycles. The Hall–Kier alpha value is -0.960. The third-order valence-corrected chi connectivity index (χ3v) is 4.78. The largest absolute Gasteiger partial charge is 0.310 e. The number of halogens is 2. The molecule has 1 aliphatic carbocycles. The van der Waals surface area contributed by atoms with Gasteiger partial charge in [-0.15, -0.1) is 0 Å². The van der Waals surface area contributed by atoms with Gasteiger partial charge in [-0.25, -0.2) is 8.78 Å². The minimum absolute atomic E-state index is 0.197. The zero-order valence-corrected chi connectivity index (χ0v) is 13.4. The van der Waals surface area contributed by atoms with Gasteiger partial charge < -0.3 is 5.32 Å². The van der Waals surface area contributed by atoms with Crippen LogP contribution >= 0.6 is 0 Å². The number of nitrogens with one attached hydrogen (secondary N) is 1. The summed E-state index contributed by atoms with van der Waals surface area (Å²) in [7, 11) is 0. The minimum atomic E-state index is -0.412. The molecule has 0 bridgehead atoms. The number of hydrogen-bond donors (Lipinski definition) is 1. The first-order chi connectivity index (χ1) is 10.0. The van der Waals surface area contributed by atoms with E-state index >= 15 is 0 Å². The Bertz CT molecular complexity index is 465. The van der Waals surface area contributed by atoms with E-state index in [0.29, 0.717) is 11.5 Å². The van der Waals surface area contributed by atoms with Crippen molar-refractivity contribution in [1.82, 2.24) is 5.32 Å². The molecular weight excluding hydrogens is 268 g/mol. The average molecular weight is 295 g/mol. The second-order valence-corrected chi connectivity index (χ2v) is 6.54. The van der Waals surface area contributed by atoms with Gasteiger partial charge in [-0.2, -0.15) is 0 Å². The van der Waals surface area contributed by atoms with Crippen LogP contribution in [0.4, 0.5) is 8.78 Å². The van der Waals surface area contributed by atoms with Gasteiger partial charge in [0.1, 0.15) is 11.6 Å². The lowest BCUT2D eigenvalue weighted by Gasteiger charge is -2.34. The van der Waals surface area contributed by atoms with Crippen molar-refractivity contribution in [2.24, 2.45) is 11.8 Å². The van der Waals surface area contributed by atoms with E-state index in [1.807, 2.05) is 0 Å². The third-order valence-electron chi connectivity index (χ3n) is 4.78. The smallest absolute Gasteiger partial charge is 0.133 e. The Morgan fingerprint density at radius 2 is 1.86 bits per heavy atom. The van der Waals surface area contributed by atoms with E-state index in [1.165, 1.54) is 12.1 Å². The quantitative estimate of drug-likeness (QED) is 0.793. The molecule has 0 heterocycles. The molecule has 1 nitrogen and oxygen atoms in total. The fraction of sp³-hybridized carbons (Fsp3) is 0.667. The standard InChI is InChI=1S/C18H27F2N/c1-4-11-21-18(14-8-5-12(2)6-9-14)16-15(19)10-7-13(3)17(16)20/h7,10,12,14,18,21H,4-6,8-9,11H2,1-3H3. The number of rotatable bonds is 5. The molecule has 1 aromatic carbocycles. The molecule has 118 valence electrons. The van der Waals surface area contributed by atoms with E-state index in [9.17, 15) is 8.78 Å². The van der Waals surface area contributed by atoms with Crippen LogP contribution in [0.3, 0.4) is 0 Å². The van der Waals surface area contributed by atoms with E-state index in [-0.39, 0.29) is 17.4 Å². The van der Waals surface area contributed by atoms with Crippen molar-refractivity contribution in [3.05, 3.63) is 34.9 Å². The third kappa shape index (κ3) is 3.82. The second-order valence-electron chi connectivity index (χ2n) is 6.54. The highest BCUT2D eigenvalue weighted by Gasteiger charge is 2.31. The van der Waals surface area contributed by atoms with Gasteiger partial charge >= 0.3 is 0 Å². The van der Waals surface area contributed by atoms with E-state index < -0.39 is 5.82 Å². The first-order valence-corrected chi connectivity index (χ1v) is 8.22. The first kappa shape index (κ1) is 16.4. The van der Waals surface area contributed by atoms with Crippen molar-refractivity contribution >= 4 is 0 Å². The van der Waals surface area contributed by atoms with Crippen LogP contribution in [0.2, 0.25) is 0 Å². The van der Waals surface area contributed by atoms with Crippen molar-refractivity contribution in [2.75, 3.05) is 6.54 Å². The average Bonchev–Trinajstić information content (AvgIpc) is 2.48. The molecule has 21 heavy (non-hydrogen) atoms. The highest BCUT2D eigenvalue weighted by atomic mass is 19.1. The first-order valence-electron chi connectivity index (χ1n) is 8.22. The lowest BCUT2D eigenvalue weighted by molar-refractivity contribution is 0.225. The molecule has 1 N–H and O–H groups in total. The van der Waals surface area contributed by atoms with E-state index in [4.69, 9.17) is 0 Å². The van der Waals surface area contributed by atoms with Crippen LogP contribution in [0.25, 0.3) is 0 Å². The number of hydrogen-bond acceptors (Lipinski definition) is 1. The van der Waals surface area contributed by atoms with E-state index in [1.54, 1.807) is 6.92 Å². The van der Waals surface area contributed by atoms with Crippen LogP contribution in [0, 0.1) is 30.4 Å². The zero-order valence-electron chi connectivity index (χ0n) is 13.4. The van der Waals surface area contributed by atoms with Crippen LogP contribution in [0.5, 0.6) is 0 Å². The lowest BCUT2D eigenvalue weighted by Crippen LogP contribution is -2.33. The predicted octanol–water partition coefficient (Wildman–Crippen LogP) is 5.14. The van der Waals surface area contributed by atoms with Gasteiger partial charge in [0.05, 0.1) is 0 Å². The molecule has 1 aromatic rings. The van der Waals surface area contributed by atoms with Gasteiger partial charge in [0.25, 0.3) is 0 Å². The molecule has 0 aliphatic heterocycles. The van der Waals surface area contributed by atoms with Crippen molar-refractivity contribution in [3.63, 3.8) is 0 Å². The molecule has 1 fully saturated rings. The Balaban J connectivity index is 2.29. The highest BCUT2D eigenvalue weighted by Crippen LogP contribution is 2.38. The van der Waals surface area contributed by atoms with Crippen LogP contribution in [-0.4, -0.2) is 6.54 Å². The predicted molar refractivity (Wildman–Crippen MR) is 83.3 cm³/mol.